The molecule has 3 nitrogen and oxygen atoms in total. The second-order valence-corrected chi connectivity index (χ2v) is 12.4. The summed E-state index contributed by atoms with van der Waals surface area (Å²) in [5.41, 5.74) is 10.5. The summed E-state index contributed by atoms with van der Waals surface area (Å²) < 4.78 is 15.9. The first-order valence-corrected chi connectivity index (χ1v) is 16.2. The summed E-state index contributed by atoms with van der Waals surface area (Å²) in [5.74, 6) is 3.50. The maximum absolute atomic E-state index is 6.93. The van der Waals surface area contributed by atoms with Gasteiger partial charge in [0.2, 0.25) is 0 Å². The molecule has 10 rings (SSSR count). The van der Waals surface area contributed by atoms with Crippen LogP contribution in [0.15, 0.2) is 164 Å². The van der Waals surface area contributed by atoms with Gasteiger partial charge in [0.1, 0.15) is 23.0 Å². The number of hydrogen-bond acceptors (Lipinski definition) is 2. The molecule has 2 aliphatic heterocycles. The van der Waals surface area contributed by atoms with Crippen LogP contribution < -0.4 is 42.3 Å². The Bertz CT molecular complexity index is 2450. The second kappa shape index (κ2) is 10.3. The monoisotopic (exact) mass is 599 g/mol. The van der Waals surface area contributed by atoms with E-state index in [4.69, 9.17) is 9.47 Å². The molecule has 0 saturated carbocycles. The van der Waals surface area contributed by atoms with Crippen molar-refractivity contribution < 1.29 is 9.47 Å². The zero-order chi connectivity index (χ0) is 30.9. The minimum Gasteiger partial charge on any atom is -0.459 e. The maximum Gasteiger partial charge on any atom is 0.255 e. The predicted molar refractivity (Wildman–Crippen MR) is 196 cm³/mol. The molecule has 0 N–H and O–H groups in total. The number of aromatic nitrogens is 1. The first kappa shape index (κ1) is 26.3. The highest BCUT2D eigenvalue weighted by atomic mass is 16.5. The van der Waals surface area contributed by atoms with Crippen LogP contribution in [-0.2, 0) is 0 Å². The maximum atomic E-state index is 6.93. The van der Waals surface area contributed by atoms with Gasteiger partial charge in [-0.3, -0.25) is 0 Å². The Morgan fingerprint density at radius 1 is 0.404 bits per heavy atom. The third kappa shape index (κ3) is 3.96. The Balaban J connectivity index is 1.20. The van der Waals surface area contributed by atoms with E-state index in [2.05, 4.69) is 162 Å². The molecule has 0 amide bonds. The first-order valence-electron chi connectivity index (χ1n) is 16.2. The molecule has 0 bridgehead atoms. The van der Waals surface area contributed by atoms with Gasteiger partial charge in [0.25, 0.3) is 13.4 Å². The van der Waals surface area contributed by atoms with E-state index in [1.54, 1.807) is 0 Å². The van der Waals surface area contributed by atoms with Crippen molar-refractivity contribution in [3.8, 4) is 28.7 Å². The van der Waals surface area contributed by atoms with Crippen molar-refractivity contribution in [2.24, 2.45) is 0 Å². The van der Waals surface area contributed by atoms with E-state index in [1.165, 1.54) is 32.7 Å². The van der Waals surface area contributed by atoms with Crippen molar-refractivity contribution in [1.29, 1.82) is 0 Å². The molecule has 8 aromatic rings. The van der Waals surface area contributed by atoms with Gasteiger partial charge in [-0.15, -0.1) is 0 Å². The van der Waals surface area contributed by atoms with E-state index in [-0.39, 0.29) is 13.4 Å². The summed E-state index contributed by atoms with van der Waals surface area (Å²) >= 11 is 0. The number of hydrogen-bond donors (Lipinski definition) is 0. The largest absolute Gasteiger partial charge is 0.459 e. The lowest BCUT2D eigenvalue weighted by atomic mass is 9.32. The molecule has 0 atom stereocenters. The minimum absolute atomic E-state index is 0.0260. The number of benzene rings is 7. The molecule has 0 radical (unpaired) electrons. The Labute approximate surface area is 273 Å². The third-order valence-corrected chi connectivity index (χ3v) is 9.85. The van der Waals surface area contributed by atoms with Crippen LogP contribution in [0.2, 0.25) is 0 Å². The summed E-state index contributed by atoms with van der Waals surface area (Å²) in [7, 11) is 0. The lowest BCUT2D eigenvalue weighted by Crippen LogP contribution is -2.60. The lowest BCUT2D eigenvalue weighted by molar-refractivity contribution is 0.469. The molecule has 7 aromatic carbocycles. The number of nitrogens with zero attached hydrogens (tertiary/aromatic N) is 1. The highest BCUT2D eigenvalue weighted by Crippen LogP contribution is 2.34. The Hall–Kier alpha value is -5.93. The van der Waals surface area contributed by atoms with Gasteiger partial charge in [-0.25, -0.2) is 0 Å². The number of para-hydroxylation sites is 4. The zero-order valence-electron chi connectivity index (χ0n) is 25.5. The summed E-state index contributed by atoms with van der Waals surface area (Å²) in [6.07, 6.45) is 0. The van der Waals surface area contributed by atoms with Crippen molar-refractivity contribution in [2.45, 2.75) is 0 Å². The van der Waals surface area contributed by atoms with E-state index in [1.807, 2.05) is 6.07 Å². The van der Waals surface area contributed by atoms with Gasteiger partial charge >= 0.3 is 0 Å². The fourth-order valence-electron chi connectivity index (χ4n) is 7.87. The Morgan fingerprint density at radius 2 is 1.00 bits per heavy atom. The van der Waals surface area contributed by atoms with E-state index in [0.717, 1.165) is 50.5 Å². The quantitative estimate of drug-likeness (QED) is 0.232. The van der Waals surface area contributed by atoms with Crippen LogP contribution >= 0.6 is 0 Å². The molecule has 3 heterocycles. The van der Waals surface area contributed by atoms with Crippen LogP contribution in [0.4, 0.5) is 0 Å². The van der Waals surface area contributed by atoms with Gasteiger partial charge in [0, 0.05) is 21.9 Å². The summed E-state index contributed by atoms with van der Waals surface area (Å²) in [6, 6.07) is 58.3. The number of fused-ring (bicyclic) bond motifs is 8. The van der Waals surface area contributed by atoms with Crippen LogP contribution in [0, 0.1) is 0 Å². The molecular formula is C42H27B2NO2. The van der Waals surface area contributed by atoms with E-state index in [9.17, 15) is 0 Å². The van der Waals surface area contributed by atoms with Crippen molar-refractivity contribution in [3.05, 3.63) is 164 Å². The van der Waals surface area contributed by atoms with Crippen molar-refractivity contribution in [3.63, 3.8) is 0 Å². The van der Waals surface area contributed by atoms with Crippen molar-refractivity contribution in [2.75, 3.05) is 0 Å². The first-order chi connectivity index (χ1) is 23.3. The Kier molecular flexibility index (Phi) is 5.76. The molecule has 2 aliphatic rings. The zero-order valence-corrected chi connectivity index (χ0v) is 25.5. The van der Waals surface area contributed by atoms with Crippen LogP contribution in [0.5, 0.6) is 23.0 Å². The molecule has 0 aliphatic carbocycles. The van der Waals surface area contributed by atoms with Gasteiger partial charge in [0.15, 0.2) is 0 Å². The van der Waals surface area contributed by atoms with Crippen molar-refractivity contribution in [1.82, 2.24) is 4.57 Å². The summed E-state index contributed by atoms with van der Waals surface area (Å²) in [5, 5.41) is 2.52. The number of rotatable bonds is 3. The van der Waals surface area contributed by atoms with Gasteiger partial charge in [-0.05, 0) is 58.9 Å². The van der Waals surface area contributed by atoms with Crippen LogP contribution in [0.25, 0.3) is 27.5 Å². The molecule has 5 heteroatoms. The van der Waals surface area contributed by atoms with E-state index < -0.39 is 0 Å². The van der Waals surface area contributed by atoms with Gasteiger partial charge < -0.3 is 14.0 Å². The van der Waals surface area contributed by atoms with Crippen molar-refractivity contribution >= 4 is 68.0 Å². The minimum atomic E-state index is -0.0269. The lowest BCUT2D eigenvalue weighted by Gasteiger charge is -2.34. The number of ether oxygens (including phenoxy) is 2. The van der Waals surface area contributed by atoms with E-state index >= 15 is 0 Å². The van der Waals surface area contributed by atoms with Crippen LogP contribution in [0.3, 0.4) is 0 Å². The molecule has 0 unspecified atom stereocenters. The fourth-order valence-corrected chi connectivity index (χ4v) is 7.87. The highest BCUT2D eigenvalue weighted by Gasteiger charge is 2.41. The predicted octanol–water partition coefficient (Wildman–Crippen LogP) is 6.03. The second-order valence-electron chi connectivity index (χ2n) is 12.4. The van der Waals surface area contributed by atoms with Gasteiger partial charge in [-0.2, -0.15) is 0 Å². The average Bonchev–Trinajstić information content (AvgIpc) is 3.48. The van der Waals surface area contributed by atoms with Crippen LogP contribution in [-0.4, -0.2) is 18.0 Å². The molecule has 0 fully saturated rings. The normalized spacial score (nSPS) is 12.9. The standard InChI is InChI=1S/C42H27B2NO2/c1-2-13-28(14-3-1)44-34-20-7-10-23-38(34)46-40-26-25-35-42(41(40)44)47-39-24-11-6-19-33(39)43(35)29-15-12-16-30(27-29)45-36-21-8-4-17-31(36)32-18-5-9-22-37(32)45/h1-27H. The fraction of sp³-hybridized carbons (Fsp3) is 0. The summed E-state index contributed by atoms with van der Waals surface area (Å²) in [6.45, 7) is -0.0529. The Morgan fingerprint density at radius 3 is 1.74 bits per heavy atom. The molecule has 0 saturated heterocycles. The topological polar surface area (TPSA) is 23.4 Å². The smallest absolute Gasteiger partial charge is 0.255 e. The molecule has 47 heavy (non-hydrogen) atoms. The SMILES string of the molecule is c1ccc(B2c3ccccc3Oc3ccc4c(c32)Oc2ccccc2B4c2cccc(-n3c4ccccc4c4ccccc43)c2)cc1. The van der Waals surface area contributed by atoms with E-state index in [0.29, 0.717) is 0 Å². The molecule has 1 aromatic heterocycles. The summed E-state index contributed by atoms with van der Waals surface area (Å²) in [4.78, 5) is 0. The van der Waals surface area contributed by atoms with Crippen LogP contribution in [0.1, 0.15) is 0 Å². The molecular weight excluding hydrogens is 572 g/mol. The molecule has 0 spiro atoms. The molecule has 218 valence electrons. The average molecular weight is 599 g/mol. The van der Waals surface area contributed by atoms with Gasteiger partial charge in [0.05, 0.1) is 11.0 Å². The highest BCUT2D eigenvalue weighted by molar-refractivity contribution is 7.00. The third-order valence-electron chi connectivity index (χ3n) is 9.85. The van der Waals surface area contributed by atoms with Gasteiger partial charge in [-0.1, -0.05) is 132 Å².